The van der Waals surface area contributed by atoms with Crippen LogP contribution in [0.25, 0.3) is 0 Å². The van der Waals surface area contributed by atoms with E-state index in [0.717, 1.165) is 28.1 Å². The Labute approximate surface area is 164 Å². The van der Waals surface area contributed by atoms with E-state index in [0.29, 0.717) is 23.7 Å². The molecule has 2 aromatic carbocycles. The molecular formula is C22H23NO5. The van der Waals surface area contributed by atoms with Crippen molar-refractivity contribution in [2.45, 2.75) is 34.0 Å². The lowest BCUT2D eigenvalue weighted by Crippen LogP contribution is -2.10. The molecule has 0 aliphatic carbocycles. The van der Waals surface area contributed by atoms with Crippen LogP contribution in [0.4, 0.5) is 0 Å². The van der Waals surface area contributed by atoms with E-state index >= 15 is 0 Å². The molecule has 0 saturated carbocycles. The van der Waals surface area contributed by atoms with Crippen LogP contribution in [-0.4, -0.2) is 18.2 Å². The molecule has 0 aliphatic heterocycles. The second-order valence-electron chi connectivity index (χ2n) is 6.46. The molecule has 0 aliphatic rings. The lowest BCUT2D eigenvalue weighted by Gasteiger charge is -2.13. The van der Waals surface area contributed by atoms with E-state index in [1.54, 1.807) is 0 Å². The van der Waals surface area contributed by atoms with Gasteiger partial charge in [-0.25, -0.2) is 4.79 Å². The van der Waals surface area contributed by atoms with Crippen LogP contribution in [0.2, 0.25) is 0 Å². The van der Waals surface area contributed by atoms with Gasteiger partial charge in [0.15, 0.2) is 0 Å². The summed E-state index contributed by atoms with van der Waals surface area (Å²) in [6.07, 6.45) is 0. The summed E-state index contributed by atoms with van der Waals surface area (Å²) in [5, 5.41) is 3.93. The summed E-state index contributed by atoms with van der Waals surface area (Å²) in [4.78, 5) is 12.1. The lowest BCUT2D eigenvalue weighted by molar-refractivity contribution is 0.0597. The molecule has 0 radical (unpaired) electrons. The number of hydrogen-bond acceptors (Lipinski definition) is 6. The van der Waals surface area contributed by atoms with E-state index in [-0.39, 0.29) is 12.6 Å². The predicted molar refractivity (Wildman–Crippen MR) is 104 cm³/mol. The van der Waals surface area contributed by atoms with E-state index in [1.165, 1.54) is 7.11 Å². The highest BCUT2D eigenvalue weighted by atomic mass is 16.5. The highest BCUT2D eigenvalue weighted by Crippen LogP contribution is 2.24. The molecule has 6 nitrogen and oxygen atoms in total. The van der Waals surface area contributed by atoms with Gasteiger partial charge in [0.05, 0.1) is 23.9 Å². The fourth-order valence-corrected chi connectivity index (χ4v) is 2.92. The van der Waals surface area contributed by atoms with E-state index in [9.17, 15) is 4.79 Å². The van der Waals surface area contributed by atoms with Crippen LogP contribution in [-0.2, 0) is 18.0 Å². The van der Waals surface area contributed by atoms with Gasteiger partial charge in [0.1, 0.15) is 30.5 Å². The van der Waals surface area contributed by atoms with Crippen molar-refractivity contribution in [2.24, 2.45) is 0 Å². The minimum Gasteiger partial charge on any atom is -0.489 e. The first-order valence-electron chi connectivity index (χ1n) is 8.93. The largest absolute Gasteiger partial charge is 0.489 e. The van der Waals surface area contributed by atoms with Gasteiger partial charge in [0, 0.05) is 11.6 Å². The Morgan fingerprint density at radius 3 is 2.32 bits per heavy atom. The second kappa shape index (κ2) is 8.61. The van der Waals surface area contributed by atoms with Crippen LogP contribution in [0.3, 0.4) is 0 Å². The number of aromatic nitrogens is 1. The minimum absolute atomic E-state index is 0.249. The Balaban J connectivity index is 1.69. The minimum atomic E-state index is -0.367. The average Bonchev–Trinajstić information content (AvgIpc) is 3.02. The SMILES string of the molecule is COC(=O)c1c(C)cccc1COc1cccc(OCc2c(C)noc2C)c1. The summed E-state index contributed by atoms with van der Waals surface area (Å²) in [6, 6.07) is 13.0. The molecule has 1 aromatic heterocycles. The van der Waals surface area contributed by atoms with E-state index in [4.69, 9.17) is 18.7 Å². The van der Waals surface area contributed by atoms with Crippen molar-refractivity contribution < 1.29 is 23.5 Å². The second-order valence-corrected chi connectivity index (χ2v) is 6.46. The van der Waals surface area contributed by atoms with Gasteiger partial charge < -0.3 is 18.7 Å². The van der Waals surface area contributed by atoms with Crippen LogP contribution in [0.5, 0.6) is 11.5 Å². The van der Waals surface area contributed by atoms with E-state index in [2.05, 4.69) is 5.16 Å². The number of rotatable bonds is 7. The summed E-state index contributed by atoms with van der Waals surface area (Å²) in [7, 11) is 1.37. The van der Waals surface area contributed by atoms with Gasteiger partial charge in [-0.1, -0.05) is 29.4 Å². The zero-order chi connectivity index (χ0) is 20.1. The monoisotopic (exact) mass is 381 g/mol. The maximum atomic E-state index is 12.1. The quantitative estimate of drug-likeness (QED) is 0.560. The lowest BCUT2D eigenvalue weighted by atomic mass is 10.0. The summed E-state index contributed by atoms with van der Waals surface area (Å²) < 4.78 is 21.8. The Kier molecular flexibility index (Phi) is 5.99. The first-order chi connectivity index (χ1) is 13.5. The van der Waals surface area contributed by atoms with Crippen LogP contribution >= 0.6 is 0 Å². The van der Waals surface area contributed by atoms with Gasteiger partial charge >= 0.3 is 5.97 Å². The third-order valence-corrected chi connectivity index (χ3v) is 4.51. The molecule has 146 valence electrons. The molecule has 0 saturated heterocycles. The molecular weight excluding hydrogens is 358 g/mol. The smallest absolute Gasteiger partial charge is 0.338 e. The molecule has 6 heteroatoms. The number of aryl methyl sites for hydroxylation is 3. The van der Waals surface area contributed by atoms with Gasteiger partial charge in [0.25, 0.3) is 0 Å². The van der Waals surface area contributed by atoms with Crippen LogP contribution in [0.1, 0.15) is 38.5 Å². The summed E-state index contributed by atoms with van der Waals surface area (Å²) in [5.74, 6) is 1.71. The average molecular weight is 381 g/mol. The van der Waals surface area contributed by atoms with Crippen molar-refractivity contribution in [3.05, 3.63) is 76.2 Å². The van der Waals surface area contributed by atoms with Crippen LogP contribution in [0.15, 0.2) is 47.0 Å². The van der Waals surface area contributed by atoms with Gasteiger partial charge in [0.2, 0.25) is 0 Å². The number of ether oxygens (including phenoxy) is 3. The van der Waals surface area contributed by atoms with E-state index in [1.807, 2.05) is 63.2 Å². The number of esters is 1. The van der Waals surface area contributed by atoms with E-state index < -0.39 is 0 Å². The number of benzene rings is 2. The summed E-state index contributed by atoms with van der Waals surface area (Å²) in [6.45, 7) is 6.24. The first kappa shape index (κ1) is 19.5. The molecule has 0 fully saturated rings. The third-order valence-electron chi connectivity index (χ3n) is 4.51. The molecule has 0 spiro atoms. The molecule has 3 aromatic rings. The standard InChI is InChI=1S/C22H23NO5/c1-14-7-5-8-17(21(14)22(24)25-4)12-26-18-9-6-10-19(11-18)27-13-20-15(2)23-28-16(20)3/h5-11H,12-13H2,1-4H3. The highest BCUT2D eigenvalue weighted by molar-refractivity contribution is 5.92. The predicted octanol–water partition coefficient (Wildman–Crippen LogP) is 4.54. The Hall–Kier alpha value is -3.28. The molecule has 3 rings (SSSR count). The number of carbonyl (C=O) groups excluding carboxylic acids is 1. The fraction of sp³-hybridized carbons (Fsp3) is 0.273. The summed E-state index contributed by atoms with van der Waals surface area (Å²) in [5.41, 5.74) is 3.92. The van der Waals surface area contributed by atoms with Gasteiger partial charge in [-0.2, -0.15) is 0 Å². The zero-order valence-electron chi connectivity index (χ0n) is 16.4. The fourth-order valence-electron chi connectivity index (χ4n) is 2.92. The van der Waals surface area contributed by atoms with Crippen LogP contribution < -0.4 is 9.47 Å². The number of carbonyl (C=O) groups is 1. The van der Waals surface area contributed by atoms with Crippen molar-refractivity contribution in [3.8, 4) is 11.5 Å². The van der Waals surface area contributed by atoms with Crippen molar-refractivity contribution in [1.29, 1.82) is 0 Å². The van der Waals surface area contributed by atoms with Crippen molar-refractivity contribution in [2.75, 3.05) is 7.11 Å². The topological polar surface area (TPSA) is 70.8 Å². The maximum absolute atomic E-state index is 12.1. The summed E-state index contributed by atoms with van der Waals surface area (Å²) >= 11 is 0. The molecule has 1 heterocycles. The molecule has 0 amide bonds. The van der Waals surface area contributed by atoms with Crippen molar-refractivity contribution in [1.82, 2.24) is 5.16 Å². The van der Waals surface area contributed by atoms with Gasteiger partial charge in [-0.05, 0) is 38.5 Å². The molecule has 28 heavy (non-hydrogen) atoms. The molecule has 0 N–H and O–H groups in total. The highest BCUT2D eigenvalue weighted by Gasteiger charge is 2.15. The number of methoxy groups -OCH3 is 1. The number of hydrogen-bond donors (Lipinski definition) is 0. The Morgan fingerprint density at radius 1 is 1.00 bits per heavy atom. The zero-order valence-corrected chi connectivity index (χ0v) is 16.4. The van der Waals surface area contributed by atoms with Crippen molar-refractivity contribution >= 4 is 5.97 Å². The third kappa shape index (κ3) is 4.34. The number of nitrogens with zero attached hydrogens (tertiary/aromatic N) is 1. The van der Waals surface area contributed by atoms with Gasteiger partial charge in [-0.15, -0.1) is 0 Å². The maximum Gasteiger partial charge on any atom is 0.338 e. The van der Waals surface area contributed by atoms with Crippen molar-refractivity contribution in [3.63, 3.8) is 0 Å². The molecule has 0 bridgehead atoms. The normalized spacial score (nSPS) is 10.6. The first-order valence-corrected chi connectivity index (χ1v) is 8.93. The van der Waals surface area contributed by atoms with Crippen LogP contribution in [0, 0.1) is 20.8 Å². The molecule has 0 atom stereocenters. The molecule has 0 unspecified atom stereocenters. The Morgan fingerprint density at radius 2 is 1.68 bits per heavy atom. The Bertz CT molecular complexity index is 957. The van der Waals surface area contributed by atoms with Gasteiger partial charge in [-0.3, -0.25) is 0 Å².